The van der Waals surface area contributed by atoms with E-state index in [0.29, 0.717) is 27.3 Å². The number of halogens is 2. The number of fused-ring (bicyclic) bond motifs is 1. The van der Waals surface area contributed by atoms with Gasteiger partial charge >= 0.3 is 0 Å². The summed E-state index contributed by atoms with van der Waals surface area (Å²) in [6, 6.07) is 4.28. The highest BCUT2D eigenvalue weighted by molar-refractivity contribution is 6.33. The third-order valence-electron chi connectivity index (χ3n) is 2.51. The van der Waals surface area contributed by atoms with Gasteiger partial charge in [0.1, 0.15) is 5.82 Å². The molecule has 0 spiro atoms. The number of nitrogen functional groups attached to an aromatic ring is 1. The Hall–Kier alpha value is -2.21. The number of pyridine rings is 1. The molecule has 7 heteroatoms. The zero-order valence-corrected chi connectivity index (χ0v) is 9.65. The van der Waals surface area contributed by atoms with Gasteiger partial charge in [-0.05, 0) is 28.5 Å². The molecule has 0 aliphatic rings. The molecule has 0 saturated carbocycles. The number of nitrogens with zero attached hydrogens (tertiary/aromatic N) is 3. The Morgan fingerprint density at radius 3 is 2.89 bits per heavy atom. The second kappa shape index (κ2) is 3.92. The summed E-state index contributed by atoms with van der Waals surface area (Å²) in [6.07, 6.45) is 1.52. The number of benzene rings is 1. The van der Waals surface area contributed by atoms with Crippen LogP contribution in [0.4, 0.5) is 10.1 Å². The fourth-order valence-electron chi connectivity index (χ4n) is 1.62. The van der Waals surface area contributed by atoms with Crippen molar-refractivity contribution < 1.29 is 9.02 Å². The van der Waals surface area contributed by atoms with E-state index >= 15 is 0 Å². The maximum absolute atomic E-state index is 13.4. The number of rotatable bonds is 1. The molecule has 2 heterocycles. The molecule has 0 saturated heterocycles. The van der Waals surface area contributed by atoms with Gasteiger partial charge in [-0.1, -0.05) is 11.6 Å². The molecule has 5 nitrogen and oxygen atoms in total. The minimum Gasteiger partial charge on any atom is -0.396 e. The minimum absolute atomic E-state index is 0.000824. The Morgan fingerprint density at radius 2 is 2.06 bits per heavy atom. The van der Waals surface area contributed by atoms with E-state index < -0.39 is 5.82 Å². The predicted octanol–water partition coefficient (Wildman–Crippen LogP) is 2.66. The normalized spacial score (nSPS) is 11.0. The molecule has 0 aliphatic carbocycles. The lowest BCUT2D eigenvalue weighted by molar-refractivity contribution is 0.315. The van der Waals surface area contributed by atoms with Crippen molar-refractivity contribution in [1.82, 2.24) is 15.3 Å². The van der Waals surface area contributed by atoms with Gasteiger partial charge in [0.2, 0.25) is 5.65 Å². The third kappa shape index (κ3) is 1.67. The van der Waals surface area contributed by atoms with Crippen molar-refractivity contribution in [1.29, 1.82) is 0 Å². The van der Waals surface area contributed by atoms with E-state index in [0.717, 1.165) is 0 Å². The van der Waals surface area contributed by atoms with E-state index in [-0.39, 0.29) is 5.69 Å². The molecule has 90 valence electrons. The van der Waals surface area contributed by atoms with Gasteiger partial charge in [0.15, 0.2) is 5.52 Å². The fraction of sp³-hybridized carbons (Fsp3) is 0. The highest BCUT2D eigenvalue weighted by Crippen LogP contribution is 2.31. The molecule has 18 heavy (non-hydrogen) atoms. The van der Waals surface area contributed by atoms with Crippen molar-refractivity contribution in [3.8, 4) is 11.1 Å². The van der Waals surface area contributed by atoms with E-state index in [4.69, 9.17) is 17.3 Å². The monoisotopic (exact) mass is 264 g/mol. The van der Waals surface area contributed by atoms with Crippen LogP contribution in [-0.4, -0.2) is 15.3 Å². The van der Waals surface area contributed by atoms with Crippen LogP contribution in [0.1, 0.15) is 0 Å². The Kier molecular flexibility index (Phi) is 2.38. The average Bonchev–Trinajstić information content (AvgIpc) is 2.80. The van der Waals surface area contributed by atoms with Crippen molar-refractivity contribution in [2.45, 2.75) is 0 Å². The van der Waals surface area contributed by atoms with E-state index in [1.165, 1.54) is 18.3 Å². The van der Waals surface area contributed by atoms with E-state index in [2.05, 4.69) is 19.9 Å². The zero-order chi connectivity index (χ0) is 12.7. The number of hydrogen-bond acceptors (Lipinski definition) is 5. The molecule has 0 aliphatic heterocycles. The summed E-state index contributed by atoms with van der Waals surface area (Å²) in [7, 11) is 0. The van der Waals surface area contributed by atoms with Crippen LogP contribution < -0.4 is 5.73 Å². The molecule has 3 rings (SSSR count). The maximum atomic E-state index is 13.4. The lowest BCUT2D eigenvalue weighted by atomic mass is 10.1. The van der Waals surface area contributed by atoms with Crippen molar-refractivity contribution in [2.75, 3.05) is 5.73 Å². The summed E-state index contributed by atoms with van der Waals surface area (Å²) in [5, 5.41) is 7.59. The molecule has 0 radical (unpaired) electrons. The van der Waals surface area contributed by atoms with Crippen LogP contribution in [0.3, 0.4) is 0 Å². The summed E-state index contributed by atoms with van der Waals surface area (Å²) < 4.78 is 18.0. The minimum atomic E-state index is -0.534. The van der Waals surface area contributed by atoms with Crippen LogP contribution >= 0.6 is 11.6 Å². The topological polar surface area (TPSA) is 77.8 Å². The summed E-state index contributed by atoms with van der Waals surface area (Å²) in [5.41, 5.74) is 7.38. The van der Waals surface area contributed by atoms with Crippen LogP contribution in [0.25, 0.3) is 22.3 Å². The lowest BCUT2D eigenvalue weighted by Crippen LogP contribution is -1.92. The molecule has 2 aromatic heterocycles. The maximum Gasteiger partial charge on any atom is 0.224 e. The number of hydrogen-bond donors (Lipinski definition) is 1. The first kappa shape index (κ1) is 10.9. The van der Waals surface area contributed by atoms with E-state index in [1.54, 1.807) is 6.07 Å². The first-order chi connectivity index (χ1) is 8.65. The molecule has 0 atom stereocenters. The SMILES string of the molecule is Nc1cc(Cl)c(-c2cnc3nonc3c2)cc1F. The van der Waals surface area contributed by atoms with Gasteiger partial charge in [-0.25, -0.2) is 14.0 Å². The summed E-state index contributed by atoms with van der Waals surface area (Å²) in [6.45, 7) is 0. The number of anilines is 1. The van der Waals surface area contributed by atoms with E-state index in [9.17, 15) is 4.39 Å². The van der Waals surface area contributed by atoms with Gasteiger partial charge in [-0.2, -0.15) is 0 Å². The first-order valence-electron chi connectivity index (χ1n) is 4.98. The van der Waals surface area contributed by atoms with Crippen LogP contribution in [0.15, 0.2) is 29.0 Å². The third-order valence-corrected chi connectivity index (χ3v) is 2.82. The molecule has 0 amide bonds. The largest absolute Gasteiger partial charge is 0.396 e. The molecule has 0 bridgehead atoms. The van der Waals surface area contributed by atoms with Crippen molar-refractivity contribution >= 4 is 28.5 Å². The van der Waals surface area contributed by atoms with Gasteiger partial charge in [0.25, 0.3) is 0 Å². The van der Waals surface area contributed by atoms with Gasteiger partial charge < -0.3 is 5.73 Å². The Balaban J connectivity index is 2.21. The molecular weight excluding hydrogens is 259 g/mol. The molecule has 0 unspecified atom stereocenters. The van der Waals surface area contributed by atoms with Gasteiger partial charge in [-0.15, -0.1) is 0 Å². The Morgan fingerprint density at radius 1 is 1.22 bits per heavy atom. The molecule has 2 N–H and O–H groups in total. The standard InChI is InChI=1S/C11H6ClFN4O/c12-7-3-9(14)8(13)2-6(7)5-1-10-11(15-4-5)17-18-16-10/h1-4H,14H2. The van der Waals surface area contributed by atoms with Crippen molar-refractivity contribution in [2.24, 2.45) is 0 Å². The highest BCUT2D eigenvalue weighted by Gasteiger charge is 2.11. The van der Waals surface area contributed by atoms with Gasteiger partial charge in [-0.3, -0.25) is 0 Å². The van der Waals surface area contributed by atoms with Crippen molar-refractivity contribution in [3.63, 3.8) is 0 Å². The average molecular weight is 265 g/mol. The van der Waals surface area contributed by atoms with Gasteiger partial charge in [0.05, 0.1) is 10.7 Å². The number of aromatic nitrogens is 3. The fourth-order valence-corrected chi connectivity index (χ4v) is 1.90. The zero-order valence-electron chi connectivity index (χ0n) is 8.89. The predicted molar refractivity (Wildman–Crippen MR) is 64.4 cm³/mol. The Bertz CT molecular complexity index is 743. The second-order valence-electron chi connectivity index (χ2n) is 3.68. The molecule has 3 aromatic rings. The van der Waals surface area contributed by atoms with Gasteiger partial charge in [0, 0.05) is 17.3 Å². The Labute approximate surface area is 105 Å². The van der Waals surface area contributed by atoms with Crippen LogP contribution in [0.5, 0.6) is 0 Å². The summed E-state index contributed by atoms with van der Waals surface area (Å²) >= 11 is 6.03. The molecular formula is C11H6ClFN4O. The summed E-state index contributed by atoms with van der Waals surface area (Å²) in [5.74, 6) is -0.534. The second-order valence-corrected chi connectivity index (χ2v) is 4.09. The highest BCUT2D eigenvalue weighted by atomic mass is 35.5. The quantitative estimate of drug-likeness (QED) is 0.684. The molecule has 1 aromatic carbocycles. The van der Waals surface area contributed by atoms with Crippen LogP contribution in [0, 0.1) is 5.82 Å². The van der Waals surface area contributed by atoms with Crippen LogP contribution in [0.2, 0.25) is 5.02 Å². The van der Waals surface area contributed by atoms with E-state index in [1.807, 2.05) is 0 Å². The number of nitrogens with two attached hydrogens (primary N) is 1. The lowest BCUT2D eigenvalue weighted by Gasteiger charge is -2.05. The first-order valence-corrected chi connectivity index (χ1v) is 5.36. The van der Waals surface area contributed by atoms with Crippen LogP contribution in [-0.2, 0) is 0 Å². The molecule has 0 fully saturated rings. The van der Waals surface area contributed by atoms with Crippen molar-refractivity contribution in [3.05, 3.63) is 35.2 Å². The smallest absolute Gasteiger partial charge is 0.224 e. The summed E-state index contributed by atoms with van der Waals surface area (Å²) in [4.78, 5) is 4.03.